The molecule has 138 valence electrons. The van der Waals surface area contributed by atoms with Gasteiger partial charge in [-0.05, 0) is 23.3 Å². The van der Waals surface area contributed by atoms with E-state index in [1.165, 1.54) is 6.07 Å². The number of hydrogen-bond acceptors (Lipinski definition) is 3. The minimum absolute atomic E-state index is 0.0524. The molecule has 0 aliphatic carbocycles. The Balaban J connectivity index is 1.76. The quantitative estimate of drug-likeness (QED) is 0.685. The van der Waals surface area contributed by atoms with Gasteiger partial charge in [0.05, 0.1) is 12.6 Å². The van der Waals surface area contributed by atoms with Crippen LogP contribution in [0.5, 0.6) is 0 Å². The molecule has 0 saturated heterocycles. The lowest BCUT2D eigenvalue weighted by Crippen LogP contribution is -2.33. The Hall–Kier alpha value is -3.12. The smallest absolute Gasteiger partial charge is 0.265 e. The third kappa shape index (κ3) is 4.95. The standard InChI is InChI=1S/C20H18ClN3O3/c21-16-8-6-15(7-9-16)20(14-4-2-1-3-5-14)22-17(25)12-13-24-19(27)11-10-18(26)23-24/h1-11,20H,12-13H2,(H,22,25)(H,23,26)/t20-/m1/s1. The first-order valence-corrected chi connectivity index (χ1v) is 8.81. The molecule has 0 radical (unpaired) electrons. The van der Waals surface area contributed by atoms with Crippen molar-refractivity contribution < 1.29 is 4.79 Å². The molecule has 3 aromatic rings. The zero-order valence-corrected chi connectivity index (χ0v) is 15.1. The van der Waals surface area contributed by atoms with Crippen LogP contribution in [0.3, 0.4) is 0 Å². The Bertz CT molecular complexity index is 1030. The van der Waals surface area contributed by atoms with Crippen LogP contribution >= 0.6 is 11.6 Å². The van der Waals surface area contributed by atoms with Crippen molar-refractivity contribution in [3.8, 4) is 0 Å². The normalized spacial score (nSPS) is 11.7. The summed E-state index contributed by atoms with van der Waals surface area (Å²) in [5, 5.41) is 6.01. The van der Waals surface area contributed by atoms with Gasteiger partial charge in [0, 0.05) is 23.6 Å². The van der Waals surface area contributed by atoms with Gasteiger partial charge in [-0.25, -0.2) is 4.68 Å². The number of amides is 1. The summed E-state index contributed by atoms with van der Waals surface area (Å²) in [6.07, 6.45) is 0.0524. The maximum Gasteiger partial charge on any atom is 0.265 e. The molecular weight excluding hydrogens is 366 g/mol. The number of aromatic amines is 1. The zero-order chi connectivity index (χ0) is 19.2. The molecule has 0 aliphatic rings. The van der Waals surface area contributed by atoms with Gasteiger partial charge in [0.15, 0.2) is 0 Å². The van der Waals surface area contributed by atoms with E-state index >= 15 is 0 Å². The Morgan fingerprint density at radius 1 is 0.963 bits per heavy atom. The number of nitrogens with one attached hydrogen (secondary N) is 2. The maximum atomic E-state index is 12.5. The summed E-state index contributed by atoms with van der Waals surface area (Å²) in [6.45, 7) is 0.0862. The van der Waals surface area contributed by atoms with Gasteiger partial charge in [-0.15, -0.1) is 0 Å². The van der Waals surface area contributed by atoms with Gasteiger partial charge in [0.1, 0.15) is 0 Å². The molecule has 1 atom stereocenters. The highest BCUT2D eigenvalue weighted by molar-refractivity contribution is 6.30. The number of hydrogen-bond donors (Lipinski definition) is 2. The van der Waals surface area contributed by atoms with Gasteiger partial charge >= 0.3 is 0 Å². The number of aromatic nitrogens is 2. The van der Waals surface area contributed by atoms with Crippen LogP contribution in [-0.4, -0.2) is 15.7 Å². The molecular formula is C20H18ClN3O3. The molecule has 7 heteroatoms. The van der Waals surface area contributed by atoms with E-state index in [9.17, 15) is 14.4 Å². The summed E-state index contributed by atoms with van der Waals surface area (Å²) < 4.78 is 1.13. The molecule has 0 unspecified atom stereocenters. The first-order valence-electron chi connectivity index (χ1n) is 8.43. The van der Waals surface area contributed by atoms with Crippen molar-refractivity contribution in [1.82, 2.24) is 15.1 Å². The molecule has 6 nitrogen and oxygen atoms in total. The van der Waals surface area contributed by atoms with Gasteiger partial charge in [-0.1, -0.05) is 54.1 Å². The third-order valence-corrected chi connectivity index (χ3v) is 4.34. The average Bonchev–Trinajstić information content (AvgIpc) is 2.68. The van der Waals surface area contributed by atoms with Crippen molar-refractivity contribution in [1.29, 1.82) is 0 Å². The van der Waals surface area contributed by atoms with E-state index in [0.717, 1.165) is 21.9 Å². The molecule has 1 aromatic heterocycles. The van der Waals surface area contributed by atoms with Crippen molar-refractivity contribution in [2.75, 3.05) is 0 Å². The van der Waals surface area contributed by atoms with E-state index in [0.29, 0.717) is 5.02 Å². The Labute approximate surface area is 160 Å². The van der Waals surface area contributed by atoms with Crippen molar-refractivity contribution in [3.63, 3.8) is 0 Å². The van der Waals surface area contributed by atoms with E-state index in [2.05, 4.69) is 10.4 Å². The van der Waals surface area contributed by atoms with E-state index in [4.69, 9.17) is 11.6 Å². The van der Waals surface area contributed by atoms with Crippen molar-refractivity contribution >= 4 is 17.5 Å². The van der Waals surface area contributed by atoms with Crippen LogP contribution in [0.15, 0.2) is 76.3 Å². The Kier molecular flexibility index (Phi) is 5.88. The van der Waals surface area contributed by atoms with Crippen LogP contribution in [0.2, 0.25) is 5.02 Å². The molecule has 0 aliphatic heterocycles. The second-order valence-corrected chi connectivity index (χ2v) is 6.45. The highest BCUT2D eigenvalue weighted by atomic mass is 35.5. The first-order chi connectivity index (χ1) is 13.0. The van der Waals surface area contributed by atoms with E-state index in [1.54, 1.807) is 12.1 Å². The van der Waals surface area contributed by atoms with Gasteiger partial charge < -0.3 is 5.32 Å². The SMILES string of the molecule is O=C(CCn1[nH]c(=O)ccc1=O)N[C@H](c1ccccc1)c1ccc(Cl)cc1. The van der Waals surface area contributed by atoms with Crippen LogP contribution in [0, 0.1) is 0 Å². The minimum atomic E-state index is -0.390. The molecule has 1 heterocycles. The van der Waals surface area contributed by atoms with E-state index in [1.807, 2.05) is 42.5 Å². The second-order valence-electron chi connectivity index (χ2n) is 6.01. The number of halogens is 1. The lowest BCUT2D eigenvalue weighted by Gasteiger charge is -2.20. The van der Waals surface area contributed by atoms with Gasteiger partial charge in [-0.2, -0.15) is 0 Å². The van der Waals surface area contributed by atoms with Crippen LogP contribution < -0.4 is 16.4 Å². The Morgan fingerprint density at radius 3 is 2.33 bits per heavy atom. The van der Waals surface area contributed by atoms with Gasteiger partial charge in [0.25, 0.3) is 11.1 Å². The molecule has 3 rings (SSSR count). The number of carbonyl (C=O) groups excluding carboxylic acids is 1. The molecule has 0 saturated carbocycles. The number of nitrogens with zero attached hydrogens (tertiary/aromatic N) is 1. The lowest BCUT2D eigenvalue weighted by molar-refractivity contribution is -0.121. The topological polar surface area (TPSA) is 84.0 Å². The molecule has 27 heavy (non-hydrogen) atoms. The van der Waals surface area contributed by atoms with E-state index in [-0.39, 0.29) is 30.5 Å². The number of carbonyl (C=O) groups is 1. The molecule has 1 amide bonds. The molecule has 0 fully saturated rings. The van der Waals surface area contributed by atoms with Crippen LogP contribution in [-0.2, 0) is 11.3 Å². The zero-order valence-electron chi connectivity index (χ0n) is 14.4. The van der Waals surface area contributed by atoms with Crippen LogP contribution in [0.4, 0.5) is 0 Å². The summed E-state index contributed by atoms with van der Waals surface area (Å²) in [5.74, 6) is -0.240. The average molecular weight is 384 g/mol. The molecule has 2 aromatic carbocycles. The highest BCUT2D eigenvalue weighted by Crippen LogP contribution is 2.23. The van der Waals surface area contributed by atoms with Crippen molar-refractivity contribution in [2.24, 2.45) is 0 Å². The second kappa shape index (κ2) is 8.51. The largest absolute Gasteiger partial charge is 0.345 e. The minimum Gasteiger partial charge on any atom is -0.345 e. The maximum absolute atomic E-state index is 12.5. The summed E-state index contributed by atoms with van der Waals surface area (Å²) in [4.78, 5) is 35.6. The summed E-state index contributed by atoms with van der Waals surface area (Å²) in [6, 6.07) is 18.8. The molecule has 0 spiro atoms. The fraction of sp³-hybridized carbons (Fsp3) is 0.150. The first kappa shape index (κ1) is 18.7. The van der Waals surface area contributed by atoms with Gasteiger partial charge in [-0.3, -0.25) is 19.5 Å². The van der Waals surface area contributed by atoms with Crippen LogP contribution in [0.25, 0.3) is 0 Å². The summed E-state index contributed by atoms with van der Waals surface area (Å²) in [7, 11) is 0. The predicted molar refractivity (Wildman–Crippen MR) is 104 cm³/mol. The third-order valence-electron chi connectivity index (χ3n) is 4.09. The van der Waals surface area contributed by atoms with Crippen molar-refractivity contribution in [3.05, 3.63) is 104 Å². The fourth-order valence-corrected chi connectivity index (χ4v) is 2.86. The number of H-pyrrole nitrogens is 1. The molecule has 2 N–H and O–H groups in total. The van der Waals surface area contributed by atoms with E-state index < -0.39 is 5.56 Å². The summed E-state index contributed by atoms with van der Waals surface area (Å²) >= 11 is 5.96. The Morgan fingerprint density at radius 2 is 1.63 bits per heavy atom. The van der Waals surface area contributed by atoms with Gasteiger partial charge in [0.2, 0.25) is 5.91 Å². The molecule has 0 bridgehead atoms. The van der Waals surface area contributed by atoms with Crippen molar-refractivity contribution in [2.45, 2.75) is 19.0 Å². The fourth-order valence-electron chi connectivity index (χ4n) is 2.73. The predicted octanol–water partition coefficient (Wildman–Crippen LogP) is 2.49. The number of benzene rings is 2. The van der Waals surface area contributed by atoms with Crippen LogP contribution in [0.1, 0.15) is 23.6 Å². The summed E-state index contributed by atoms with van der Waals surface area (Å²) in [5.41, 5.74) is 1.07. The lowest BCUT2D eigenvalue weighted by atomic mass is 9.98. The number of rotatable bonds is 6. The highest BCUT2D eigenvalue weighted by Gasteiger charge is 2.17. The monoisotopic (exact) mass is 383 g/mol. The number of aryl methyl sites for hydroxylation is 1.